The zero-order chi connectivity index (χ0) is 19.6. The van der Waals surface area contributed by atoms with Crippen molar-refractivity contribution in [2.24, 2.45) is 0 Å². The first-order valence-electron chi connectivity index (χ1n) is 10.6. The molecule has 0 radical (unpaired) electrons. The van der Waals surface area contributed by atoms with E-state index in [2.05, 4.69) is 39.0 Å². The second-order valence-corrected chi connectivity index (χ2v) is 8.62. The molecule has 0 aromatic heterocycles. The number of anilines is 1. The van der Waals surface area contributed by atoms with Crippen LogP contribution in [-0.4, -0.2) is 61.9 Å². The standard InChI is InChI=1S/C23H28ClN3O2/c24-19-5-2-6-20(14-19)26-10-12-27(13-11-26)21-7-3-9-25(16-21)15-18-4-1-8-22-23(18)29-17-28-22/h1-2,4-6,8,14,21H,3,7,9-13,15-17H2/t21-/m1/s1. The Hall–Kier alpha value is -1.95. The van der Waals surface area contributed by atoms with E-state index in [1.807, 2.05) is 18.2 Å². The molecule has 1 atom stereocenters. The summed E-state index contributed by atoms with van der Waals surface area (Å²) in [6.45, 7) is 7.91. The van der Waals surface area contributed by atoms with Crippen LogP contribution in [0.25, 0.3) is 0 Å². The van der Waals surface area contributed by atoms with Crippen molar-refractivity contribution in [1.29, 1.82) is 0 Å². The maximum atomic E-state index is 6.17. The van der Waals surface area contributed by atoms with E-state index in [0.29, 0.717) is 12.8 Å². The van der Waals surface area contributed by atoms with Gasteiger partial charge in [0.05, 0.1) is 0 Å². The highest BCUT2D eigenvalue weighted by Crippen LogP contribution is 2.36. The van der Waals surface area contributed by atoms with Gasteiger partial charge in [0.15, 0.2) is 11.5 Å². The molecule has 29 heavy (non-hydrogen) atoms. The van der Waals surface area contributed by atoms with Crippen LogP contribution in [0.3, 0.4) is 0 Å². The molecule has 3 aliphatic heterocycles. The van der Waals surface area contributed by atoms with Gasteiger partial charge in [-0.05, 0) is 43.7 Å². The van der Waals surface area contributed by atoms with Gasteiger partial charge < -0.3 is 14.4 Å². The van der Waals surface area contributed by atoms with Crippen molar-refractivity contribution in [2.45, 2.75) is 25.4 Å². The van der Waals surface area contributed by atoms with Crippen molar-refractivity contribution in [3.63, 3.8) is 0 Å². The second-order valence-electron chi connectivity index (χ2n) is 8.18. The number of nitrogens with zero attached hydrogens (tertiary/aromatic N) is 3. The summed E-state index contributed by atoms with van der Waals surface area (Å²) >= 11 is 6.17. The highest BCUT2D eigenvalue weighted by atomic mass is 35.5. The molecular weight excluding hydrogens is 386 g/mol. The summed E-state index contributed by atoms with van der Waals surface area (Å²) in [6, 6.07) is 15.1. The second kappa shape index (κ2) is 8.42. The molecule has 2 aromatic carbocycles. The van der Waals surface area contributed by atoms with Crippen LogP contribution in [0.2, 0.25) is 5.02 Å². The minimum atomic E-state index is 0.339. The molecule has 0 bridgehead atoms. The first-order chi connectivity index (χ1) is 14.3. The topological polar surface area (TPSA) is 28.2 Å². The molecule has 5 rings (SSSR count). The lowest BCUT2D eigenvalue weighted by atomic mass is 10.0. The van der Waals surface area contributed by atoms with Gasteiger partial charge in [-0.1, -0.05) is 29.8 Å². The summed E-state index contributed by atoms with van der Waals surface area (Å²) in [5.74, 6) is 1.82. The molecule has 154 valence electrons. The Morgan fingerprint density at radius 2 is 1.83 bits per heavy atom. The highest BCUT2D eigenvalue weighted by Gasteiger charge is 2.29. The van der Waals surface area contributed by atoms with E-state index in [1.165, 1.54) is 24.1 Å². The summed E-state index contributed by atoms with van der Waals surface area (Å²) in [5.41, 5.74) is 2.48. The summed E-state index contributed by atoms with van der Waals surface area (Å²) in [5, 5.41) is 0.814. The van der Waals surface area contributed by atoms with Crippen molar-refractivity contribution in [3.05, 3.63) is 53.1 Å². The summed E-state index contributed by atoms with van der Waals surface area (Å²) in [7, 11) is 0. The van der Waals surface area contributed by atoms with Gasteiger partial charge in [0, 0.05) is 61.6 Å². The van der Waals surface area contributed by atoms with Crippen LogP contribution < -0.4 is 14.4 Å². The lowest BCUT2D eigenvalue weighted by Crippen LogP contribution is -2.55. The Labute approximate surface area is 177 Å². The van der Waals surface area contributed by atoms with Gasteiger partial charge in [0.25, 0.3) is 0 Å². The van der Waals surface area contributed by atoms with E-state index in [0.717, 1.165) is 62.3 Å². The first kappa shape index (κ1) is 19.0. The number of hydrogen-bond acceptors (Lipinski definition) is 5. The van der Waals surface area contributed by atoms with Gasteiger partial charge in [-0.15, -0.1) is 0 Å². The Bertz CT molecular complexity index is 854. The van der Waals surface area contributed by atoms with Crippen LogP contribution in [0.4, 0.5) is 5.69 Å². The molecule has 3 aliphatic rings. The predicted molar refractivity (Wildman–Crippen MR) is 116 cm³/mol. The molecule has 0 aliphatic carbocycles. The van der Waals surface area contributed by atoms with Crippen molar-refractivity contribution < 1.29 is 9.47 Å². The van der Waals surface area contributed by atoms with Crippen LogP contribution >= 0.6 is 11.6 Å². The molecular formula is C23H28ClN3O2. The van der Waals surface area contributed by atoms with Crippen LogP contribution in [0, 0.1) is 0 Å². The van der Waals surface area contributed by atoms with Gasteiger partial charge in [-0.25, -0.2) is 0 Å². The summed E-state index contributed by atoms with van der Waals surface area (Å²) in [4.78, 5) is 7.71. The van der Waals surface area contributed by atoms with Gasteiger partial charge in [-0.3, -0.25) is 9.80 Å². The first-order valence-corrected chi connectivity index (χ1v) is 11.0. The van der Waals surface area contributed by atoms with Crippen LogP contribution in [0.1, 0.15) is 18.4 Å². The molecule has 2 aromatic rings. The smallest absolute Gasteiger partial charge is 0.231 e. The third-order valence-electron chi connectivity index (χ3n) is 6.36. The number of halogens is 1. The number of rotatable bonds is 4. The van der Waals surface area contributed by atoms with Crippen LogP contribution in [0.5, 0.6) is 11.5 Å². The number of fused-ring (bicyclic) bond motifs is 1. The maximum absolute atomic E-state index is 6.17. The molecule has 2 fully saturated rings. The minimum Gasteiger partial charge on any atom is -0.454 e. The molecule has 2 saturated heterocycles. The summed E-state index contributed by atoms with van der Waals surface area (Å²) in [6.07, 6.45) is 2.55. The van der Waals surface area contributed by atoms with Crippen molar-refractivity contribution in [3.8, 4) is 11.5 Å². The van der Waals surface area contributed by atoms with Gasteiger partial charge in [-0.2, -0.15) is 0 Å². The lowest BCUT2D eigenvalue weighted by Gasteiger charge is -2.44. The van der Waals surface area contributed by atoms with Gasteiger partial charge in [0.2, 0.25) is 6.79 Å². The molecule has 5 nitrogen and oxygen atoms in total. The molecule has 6 heteroatoms. The Morgan fingerprint density at radius 3 is 2.69 bits per heavy atom. The number of piperazine rings is 1. The lowest BCUT2D eigenvalue weighted by molar-refractivity contribution is 0.0880. The number of piperidine rings is 1. The Morgan fingerprint density at radius 1 is 0.966 bits per heavy atom. The van der Waals surface area contributed by atoms with Gasteiger partial charge in [0.1, 0.15) is 0 Å². The normalized spacial score (nSPS) is 22.8. The highest BCUT2D eigenvalue weighted by molar-refractivity contribution is 6.30. The van der Waals surface area contributed by atoms with E-state index >= 15 is 0 Å². The fourth-order valence-electron chi connectivity index (χ4n) is 4.85. The van der Waals surface area contributed by atoms with Crippen LogP contribution in [0.15, 0.2) is 42.5 Å². The summed E-state index contributed by atoms with van der Waals surface area (Å²) < 4.78 is 11.2. The number of ether oxygens (including phenoxy) is 2. The number of benzene rings is 2. The zero-order valence-corrected chi connectivity index (χ0v) is 17.5. The fourth-order valence-corrected chi connectivity index (χ4v) is 5.03. The average molecular weight is 414 g/mol. The van der Waals surface area contributed by atoms with Crippen molar-refractivity contribution in [1.82, 2.24) is 9.80 Å². The quantitative estimate of drug-likeness (QED) is 0.759. The minimum absolute atomic E-state index is 0.339. The van der Waals surface area contributed by atoms with E-state index in [4.69, 9.17) is 21.1 Å². The van der Waals surface area contributed by atoms with Crippen LogP contribution in [-0.2, 0) is 6.54 Å². The third kappa shape index (κ3) is 4.18. The SMILES string of the molecule is Clc1cccc(N2CCN([C@@H]3CCCN(Cc4cccc5c4OCO5)C3)CC2)c1. The van der Waals surface area contributed by atoms with Crippen molar-refractivity contribution >= 4 is 17.3 Å². The number of para-hydroxylation sites is 1. The third-order valence-corrected chi connectivity index (χ3v) is 6.59. The molecule has 3 heterocycles. The fraction of sp³-hybridized carbons (Fsp3) is 0.478. The molecule has 0 N–H and O–H groups in total. The maximum Gasteiger partial charge on any atom is 0.231 e. The molecule has 0 unspecified atom stereocenters. The Kier molecular flexibility index (Phi) is 5.53. The van der Waals surface area contributed by atoms with E-state index in [-0.39, 0.29) is 0 Å². The molecule has 0 spiro atoms. The Balaban J connectivity index is 1.18. The van der Waals surface area contributed by atoms with E-state index < -0.39 is 0 Å². The van der Waals surface area contributed by atoms with Crippen molar-refractivity contribution in [2.75, 3.05) is 51.0 Å². The zero-order valence-electron chi connectivity index (χ0n) is 16.7. The van der Waals surface area contributed by atoms with E-state index in [1.54, 1.807) is 0 Å². The van der Waals surface area contributed by atoms with Gasteiger partial charge >= 0.3 is 0 Å². The average Bonchev–Trinajstić information content (AvgIpc) is 3.24. The number of likely N-dealkylation sites (tertiary alicyclic amines) is 1. The van der Waals surface area contributed by atoms with E-state index in [9.17, 15) is 0 Å². The monoisotopic (exact) mass is 413 g/mol. The molecule has 0 saturated carbocycles. The predicted octanol–water partition coefficient (Wildman–Crippen LogP) is 3.86. The number of hydrogen-bond donors (Lipinski definition) is 0. The molecule has 0 amide bonds. The largest absolute Gasteiger partial charge is 0.454 e.